The standard InChI is InChI=1S/C25H25NO5/c1-3-28-22-11-7-19(13-20(22)15-29-21-8-4-17(2)5-9-21)25(27)26-14-18-6-10-23-24(12-18)31-16-30-23/h4-13H,3,14-16H2,1-2H3,(H,26,27). The molecular formula is C25H25NO5. The van der Waals surface area contributed by atoms with Crippen molar-refractivity contribution in [1.29, 1.82) is 0 Å². The number of nitrogens with one attached hydrogen (secondary N) is 1. The van der Waals surface area contributed by atoms with Crippen LogP contribution in [0, 0.1) is 6.92 Å². The molecule has 0 unspecified atom stereocenters. The molecule has 0 aliphatic carbocycles. The minimum absolute atomic E-state index is 0.169. The van der Waals surface area contributed by atoms with E-state index in [0.717, 1.165) is 22.6 Å². The van der Waals surface area contributed by atoms with Gasteiger partial charge in [-0.25, -0.2) is 0 Å². The number of benzene rings is 3. The molecule has 1 heterocycles. The molecule has 0 fully saturated rings. The highest BCUT2D eigenvalue weighted by molar-refractivity contribution is 5.94. The van der Waals surface area contributed by atoms with Gasteiger partial charge >= 0.3 is 0 Å². The maximum Gasteiger partial charge on any atom is 0.251 e. The molecule has 1 aliphatic rings. The lowest BCUT2D eigenvalue weighted by atomic mass is 10.1. The van der Waals surface area contributed by atoms with Gasteiger partial charge in [-0.3, -0.25) is 4.79 Å². The van der Waals surface area contributed by atoms with Crippen molar-refractivity contribution < 1.29 is 23.7 Å². The lowest BCUT2D eigenvalue weighted by Gasteiger charge is -2.14. The Hall–Kier alpha value is -3.67. The fourth-order valence-electron chi connectivity index (χ4n) is 3.26. The van der Waals surface area contributed by atoms with Crippen LogP contribution in [-0.4, -0.2) is 19.3 Å². The monoisotopic (exact) mass is 419 g/mol. The molecule has 0 saturated heterocycles. The summed E-state index contributed by atoms with van der Waals surface area (Å²) < 4.78 is 22.3. The van der Waals surface area contributed by atoms with Gasteiger partial charge in [-0.05, 0) is 61.9 Å². The Morgan fingerprint density at radius 1 is 0.968 bits per heavy atom. The number of rotatable bonds is 8. The first-order valence-corrected chi connectivity index (χ1v) is 10.2. The molecule has 1 N–H and O–H groups in total. The van der Waals surface area contributed by atoms with Gasteiger partial charge in [-0.2, -0.15) is 0 Å². The van der Waals surface area contributed by atoms with Crippen molar-refractivity contribution in [2.75, 3.05) is 13.4 Å². The third kappa shape index (κ3) is 5.09. The number of ether oxygens (including phenoxy) is 4. The highest BCUT2D eigenvalue weighted by Crippen LogP contribution is 2.32. The van der Waals surface area contributed by atoms with Gasteiger partial charge in [0, 0.05) is 17.7 Å². The van der Waals surface area contributed by atoms with E-state index < -0.39 is 0 Å². The van der Waals surface area contributed by atoms with Crippen LogP contribution in [0.25, 0.3) is 0 Å². The van der Waals surface area contributed by atoms with E-state index in [1.165, 1.54) is 5.56 Å². The van der Waals surface area contributed by atoms with Crippen LogP contribution in [0.15, 0.2) is 60.7 Å². The van der Waals surface area contributed by atoms with Crippen molar-refractivity contribution in [3.8, 4) is 23.0 Å². The molecule has 1 aliphatic heterocycles. The second kappa shape index (κ2) is 9.43. The lowest BCUT2D eigenvalue weighted by Crippen LogP contribution is -2.23. The van der Waals surface area contributed by atoms with E-state index >= 15 is 0 Å². The normalized spacial score (nSPS) is 11.8. The van der Waals surface area contributed by atoms with Gasteiger partial charge in [0.15, 0.2) is 11.5 Å². The van der Waals surface area contributed by atoms with Crippen molar-refractivity contribution in [2.45, 2.75) is 27.0 Å². The van der Waals surface area contributed by atoms with E-state index in [0.29, 0.717) is 36.8 Å². The summed E-state index contributed by atoms with van der Waals surface area (Å²) in [6.45, 7) is 5.41. The summed E-state index contributed by atoms with van der Waals surface area (Å²) in [7, 11) is 0. The van der Waals surface area contributed by atoms with Gasteiger partial charge in [0.05, 0.1) is 6.61 Å². The third-order valence-electron chi connectivity index (χ3n) is 4.93. The molecule has 6 nitrogen and oxygen atoms in total. The first-order chi connectivity index (χ1) is 15.1. The summed E-state index contributed by atoms with van der Waals surface area (Å²) in [5, 5.41) is 2.95. The molecule has 0 spiro atoms. The van der Waals surface area contributed by atoms with E-state index in [4.69, 9.17) is 18.9 Å². The number of carbonyl (C=O) groups excluding carboxylic acids is 1. The number of fused-ring (bicyclic) bond motifs is 1. The highest BCUT2D eigenvalue weighted by atomic mass is 16.7. The van der Waals surface area contributed by atoms with Gasteiger partial charge < -0.3 is 24.3 Å². The van der Waals surface area contributed by atoms with E-state index in [1.54, 1.807) is 6.07 Å². The van der Waals surface area contributed by atoms with Gasteiger partial charge in [0.1, 0.15) is 18.1 Å². The Bertz CT molecular complexity index is 1060. The van der Waals surface area contributed by atoms with E-state index in [9.17, 15) is 4.79 Å². The predicted octanol–water partition coefficient (Wildman–Crippen LogP) is 4.63. The quantitative estimate of drug-likeness (QED) is 0.577. The summed E-state index contributed by atoms with van der Waals surface area (Å²) in [6, 6.07) is 18.9. The average Bonchev–Trinajstić information content (AvgIpc) is 3.26. The van der Waals surface area contributed by atoms with E-state index in [2.05, 4.69) is 5.32 Å². The molecular weight excluding hydrogens is 394 g/mol. The van der Waals surface area contributed by atoms with Crippen LogP contribution in [-0.2, 0) is 13.2 Å². The number of hydrogen-bond donors (Lipinski definition) is 1. The molecule has 4 rings (SSSR count). The second-order valence-corrected chi connectivity index (χ2v) is 7.23. The SMILES string of the molecule is CCOc1ccc(C(=O)NCc2ccc3c(c2)OCO3)cc1COc1ccc(C)cc1. The topological polar surface area (TPSA) is 66.0 Å². The number of aryl methyl sites for hydroxylation is 1. The fraction of sp³-hybridized carbons (Fsp3) is 0.240. The van der Waals surface area contributed by atoms with Crippen LogP contribution in [0.5, 0.6) is 23.0 Å². The smallest absolute Gasteiger partial charge is 0.251 e. The largest absolute Gasteiger partial charge is 0.493 e. The Morgan fingerprint density at radius 2 is 1.77 bits per heavy atom. The molecule has 3 aromatic carbocycles. The van der Waals surface area contributed by atoms with Gasteiger partial charge in [0.25, 0.3) is 5.91 Å². The minimum atomic E-state index is -0.169. The molecule has 0 aromatic heterocycles. The van der Waals surface area contributed by atoms with Gasteiger partial charge in [-0.15, -0.1) is 0 Å². The molecule has 160 valence electrons. The van der Waals surface area contributed by atoms with Crippen molar-refractivity contribution >= 4 is 5.91 Å². The fourth-order valence-corrected chi connectivity index (χ4v) is 3.26. The molecule has 0 atom stereocenters. The van der Waals surface area contributed by atoms with Crippen molar-refractivity contribution in [2.24, 2.45) is 0 Å². The molecule has 0 radical (unpaired) electrons. The Morgan fingerprint density at radius 3 is 2.58 bits per heavy atom. The summed E-state index contributed by atoms with van der Waals surface area (Å²) in [6.07, 6.45) is 0. The Kier molecular flexibility index (Phi) is 6.26. The number of amides is 1. The zero-order valence-electron chi connectivity index (χ0n) is 17.6. The van der Waals surface area contributed by atoms with E-state index in [1.807, 2.05) is 68.4 Å². The maximum absolute atomic E-state index is 12.7. The van der Waals surface area contributed by atoms with Crippen molar-refractivity contribution in [3.63, 3.8) is 0 Å². The van der Waals surface area contributed by atoms with Crippen molar-refractivity contribution in [3.05, 3.63) is 82.9 Å². The minimum Gasteiger partial charge on any atom is -0.493 e. The lowest BCUT2D eigenvalue weighted by molar-refractivity contribution is 0.0950. The summed E-state index contributed by atoms with van der Waals surface area (Å²) in [5.41, 5.74) is 3.47. The zero-order chi connectivity index (χ0) is 21.6. The first-order valence-electron chi connectivity index (χ1n) is 10.2. The molecule has 6 heteroatoms. The highest BCUT2D eigenvalue weighted by Gasteiger charge is 2.15. The molecule has 31 heavy (non-hydrogen) atoms. The summed E-state index contributed by atoms with van der Waals surface area (Å²) in [5.74, 6) is 2.73. The summed E-state index contributed by atoms with van der Waals surface area (Å²) in [4.78, 5) is 12.7. The van der Waals surface area contributed by atoms with Crippen LogP contribution in [0.4, 0.5) is 0 Å². The molecule has 1 amide bonds. The zero-order valence-corrected chi connectivity index (χ0v) is 17.6. The van der Waals surface area contributed by atoms with Crippen LogP contribution < -0.4 is 24.3 Å². The maximum atomic E-state index is 12.7. The van der Waals surface area contributed by atoms with Crippen LogP contribution >= 0.6 is 0 Å². The Balaban J connectivity index is 1.43. The van der Waals surface area contributed by atoms with Gasteiger partial charge in [-0.1, -0.05) is 23.8 Å². The first kappa shape index (κ1) is 20.6. The molecule has 3 aromatic rings. The second-order valence-electron chi connectivity index (χ2n) is 7.23. The van der Waals surface area contributed by atoms with Gasteiger partial charge in [0.2, 0.25) is 6.79 Å². The average molecular weight is 419 g/mol. The Labute approximate surface area is 181 Å². The van der Waals surface area contributed by atoms with Crippen molar-refractivity contribution in [1.82, 2.24) is 5.32 Å². The number of hydrogen-bond acceptors (Lipinski definition) is 5. The molecule has 0 bridgehead atoms. The third-order valence-corrected chi connectivity index (χ3v) is 4.93. The summed E-state index contributed by atoms with van der Waals surface area (Å²) >= 11 is 0. The number of carbonyl (C=O) groups is 1. The van der Waals surface area contributed by atoms with Crippen LogP contribution in [0.3, 0.4) is 0 Å². The molecule has 0 saturated carbocycles. The van der Waals surface area contributed by atoms with Crippen LogP contribution in [0.2, 0.25) is 0 Å². The van der Waals surface area contributed by atoms with E-state index in [-0.39, 0.29) is 12.7 Å². The predicted molar refractivity (Wildman–Crippen MR) is 117 cm³/mol. The van der Waals surface area contributed by atoms with Crippen LogP contribution in [0.1, 0.15) is 34.0 Å².